The van der Waals surface area contributed by atoms with Crippen molar-refractivity contribution in [2.45, 2.75) is 19.4 Å². The lowest BCUT2D eigenvalue weighted by Gasteiger charge is -2.37. The maximum absolute atomic E-state index is 13.1. The number of rotatable bonds is 3. The van der Waals surface area contributed by atoms with Crippen LogP contribution in [0.4, 0.5) is 17.1 Å². The number of hydrogen-bond acceptors (Lipinski definition) is 5. The number of fused-ring (bicyclic) bond motifs is 6. The van der Waals surface area contributed by atoms with Gasteiger partial charge in [-0.2, -0.15) is 0 Å². The molecule has 2 aliphatic heterocycles. The molecule has 1 N–H and O–H groups in total. The van der Waals surface area contributed by atoms with Gasteiger partial charge in [-0.25, -0.2) is 4.79 Å². The van der Waals surface area contributed by atoms with Gasteiger partial charge in [0.1, 0.15) is 11.5 Å². The Bertz CT molecular complexity index is 1510. The quantitative estimate of drug-likeness (QED) is 0.344. The summed E-state index contributed by atoms with van der Waals surface area (Å²) in [6, 6.07) is 26.0. The summed E-state index contributed by atoms with van der Waals surface area (Å²) in [6.07, 6.45) is 0. The molecule has 1 unspecified atom stereocenters. The third kappa shape index (κ3) is 3.19. The van der Waals surface area contributed by atoms with E-state index in [1.165, 1.54) is 5.56 Å². The molecule has 0 amide bonds. The molecule has 0 aliphatic carbocycles. The van der Waals surface area contributed by atoms with E-state index in [-0.39, 0.29) is 5.97 Å². The SMILES string of the molecule is Cc1cccc(Nc2cc3c(cc2C)Oc2cc(N(C)C)ccc2C32OC(=O)c3ccccc32)c1. The zero-order valence-corrected chi connectivity index (χ0v) is 20.2. The average molecular weight is 463 g/mol. The fourth-order valence-electron chi connectivity index (χ4n) is 5.10. The first-order valence-corrected chi connectivity index (χ1v) is 11.7. The van der Waals surface area contributed by atoms with Gasteiger partial charge in [-0.15, -0.1) is 0 Å². The van der Waals surface area contributed by atoms with Gasteiger partial charge < -0.3 is 19.7 Å². The highest BCUT2D eigenvalue weighted by Crippen LogP contribution is 2.57. The smallest absolute Gasteiger partial charge is 0.340 e. The predicted molar refractivity (Wildman–Crippen MR) is 138 cm³/mol. The number of carbonyl (C=O) groups is 1. The maximum atomic E-state index is 13.1. The van der Waals surface area contributed by atoms with E-state index in [9.17, 15) is 4.79 Å². The number of nitrogens with one attached hydrogen (secondary N) is 1. The monoisotopic (exact) mass is 462 g/mol. The van der Waals surface area contributed by atoms with Gasteiger partial charge in [0.15, 0.2) is 5.60 Å². The van der Waals surface area contributed by atoms with Crippen molar-refractivity contribution < 1.29 is 14.3 Å². The summed E-state index contributed by atoms with van der Waals surface area (Å²) in [5, 5.41) is 3.55. The van der Waals surface area contributed by atoms with Crippen LogP contribution in [0.3, 0.4) is 0 Å². The van der Waals surface area contributed by atoms with Crippen molar-refractivity contribution in [3.8, 4) is 11.5 Å². The minimum atomic E-state index is -1.09. The summed E-state index contributed by atoms with van der Waals surface area (Å²) >= 11 is 0. The number of benzene rings is 4. The second-order valence-electron chi connectivity index (χ2n) is 9.45. The maximum Gasteiger partial charge on any atom is 0.340 e. The normalized spacial score (nSPS) is 17.2. The highest BCUT2D eigenvalue weighted by molar-refractivity contribution is 5.97. The van der Waals surface area contributed by atoms with Gasteiger partial charge in [0, 0.05) is 53.9 Å². The first kappa shape index (κ1) is 21.3. The van der Waals surface area contributed by atoms with Gasteiger partial charge in [-0.3, -0.25) is 0 Å². The number of hydrogen-bond donors (Lipinski definition) is 1. The van der Waals surface area contributed by atoms with E-state index in [0.29, 0.717) is 17.1 Å². The molecule has 1 atom stereocenters. The first-order valence-electron chi connectivity index (χ1n) is 11.7. The molecule has 2 heterocycles. The highest BCUT2D eigenvalue weighted by atomic mass is 16.6. The average Bonchev–Trinajstić information content (AvgIpc) is 3.13. The van der Waals surface area contributed by atoms with Gasteiger partial charge in [-0.05, 0) is 67.4 Å². The van der Waals surface area contributed by atoms with Crippen molar-refractivity contribution in [1.82, 2.24) is 0 Å². The van der Waals surface area contributed by atoms with Crippen molar-refractivity contribution in [3.05, 3.63) is 112 Å². The zero-order chi connectivity index (χ0) is 24.3. The van der Waals surface area contributed by atoms with E-state index in [1.54, 1.807) is 0 Å². The highest BCUT2D eigenvalue weighted by Gasteiger charge is 2.53. The van der Waals surface area contributed by atoms with Gasteiger partial charge in [0.25, 0.3) is 0 Å². The van der Waals surface area contributed by atoms with Crippen LogP contribution >= 0.6 is 0 Å². The van der Waals surface area contributed by atoms with Crippen LogP contribution in [-0.4, -0.2) is 20.1 Å². The second kappa shape index (κ2) is 7.64. The standard InChI is InChI=1S/C30H26N2O3/c1-18-8-7-9-20(14-18)31-26-17-25-27(15-19(26)2)34-28-16-21(32(3)4)12-13-24(28)30(25)23-11-6-5-10-22(23)29(33)35-30/h5-17,31H,1-4H3. The van der Waals surface area contributed by atoms with Crippen molar-refractivity contribution in [1.29, 1.82) is 0 Å². The minimum absolute atomic E-state index is 0.329. The molecule has 0 saturated heterocycles. The Kier molecular flexibility index (Phi) is 4.65. The molecule has 5 nitrogen and oxygen atoms in total. The van der Waals surface area contributed by atoms with Crippen LogP contribution in [0.5, 0.6) is 11.5 Å². The van der Waals surface area contributed by atoms with Crippen LogP contribution < -0.4 is 15.0 Å². The summed E-state index contributed by atoms with van der Waals surface area (Å²) in [6.45, 7) is 4.12. The molecule has 35 heavy (non-hydrogen) atoms. The van der Waals surface area contributed by atoms with E-state index in [2.05, 4.69) is 37.4 Å². The molecule has 4 aromatic rings. The van der Waals surface area contributed by atoms with E-state index >= 15 is 0 Å². The lowest BCUT2D eigenvalue weighted by molar-refractivity contribution is 0.0224. The first-order chi connectivity index (χ1) is 16.9. The van der Waals surface area contributed by atoms with E-state index in [1.807, 2.05) is 79.7 Å². The fraction of sp³-hybridized carbons (Fsp3) is 0.167. The number of esters is 1. The van der Waals surface area contributed by atoms with Crippen LogP contribution in [0.2, 0.25) is 0 Å². The molecule has 1 spiro atoms. The lowest BCUT2D eigenvalue weighted by atomic mass is 9.77. The summed E-state index contributed by atoms with van der Waals surface area (Å²) in [5.41, 5.74) is 7.11. The zero-order valence-electron chi connectivity index (χ0n) is 20.2. The van der Waals surface area contributed by atoms with E-state index in [0.717, 1.165) is 39.3 Å². The predicted octanol–water partition coefficient (Wildman–Crippen LogP) is 6.68. The van der Waals surface area contributed by atoms with Crippen LogP contribution in [0.25, 0.3) is 0 Å². The molecule has 0 fully saturated rings. The molecule has 6 rings (SSSR count). The Balaban J connectivity index is 1.60. The van der Waals surface area contributed by atoms with Crippen molar-refractivity contribution in [3.63, 3.8) is 0 Å². The van der Waals surface area contributed by atoms with Gasteiger partial charge in [0.2, 0.25) is 0 Å². The topological polar surface area (TPSA) is 50.8 Å². The lowest BCUT2D eigenvalue weighted by Crippen LogP contribution is -2.33. The number of carbonyl (C=O) groups excluding carboxylic acids is 1. The Labute approximate surface area is 204 Å². The van der Waals surface area contributed by atoms with Crippen molar-refractivity contribution in [2.24, 2.45) is 0 Å². The minimum Gasteiger partial charge on any atom is -0.456 e. The number of anilines is 3. The molecule has 5 heteroatoms. The van der Waals surface area contributed by atoms with Crippen molar-refractivity contribution in [2.75, 3.05) is 24.3 Å². The molecular weight excluding hydrogens is 436 g/mol. The van der Waals surface area contributed by atoms with Crippen LogP contribution in [0.1, 0.15) is 38.2 Å². The Morgan fingerprint density at radius 3 is 2.40 bits per heavy atom. The Morgan fingerprint density at radius 1 is 0.800 bits per heavy atom. The Hall–Kier alpha value is -4.25. The van der Waals surface area contributed by atoms with Crippen LogP contribution in [0, 0.1) is 13.8 Å². The molecular formula is C30H26N2O3. The molecule has 4 aromatic carbocycles. The summed E-state index contributed by atoms with van der Waals surface area (Å²) in [7, 11) is 3.99. The van der Waals surface area contributed by atoms with Crippen LogP contribution in [-0.2, 0) is 10.3 Å². The third-order valence-corrected chi connectivity index (χ3v) is 6.86. The molecule has 0 radical (unpaired) electrons. The number of nitrogens with zero attached hydrogens (tertiary/aromatic N) is 1. The van der Waals surface area contributed by atoms with Gasteiger partial charge in [0.05, 0.1) is 5.56 Å². The molecule has 0 aromatic heterocycles. The molecule has 0 saturated carbocycles. The summed E-state index contributed by atoms with van der Waals surface area (Å²) < 4.78 is 12.8. The van der Waals surface area contributed by atoms with Gasteiger partial charge >= 0.3 is 5.97 Å². The summed E-state index contributed by atoms with van der Waals surface area (Å²) in [5.74, 6) is 1.04. The molecule has 2 aliphatic rings. The summed E-state index contributed by atoms with van der Waals surface area (Å²) in [4.78, 5) is 15.2. The number of ether oxygens (including phenoxy) is 2. The third-order valence-electron chi connectivity index (χ3n) is 6.86. The molecule has 0 bridgehead atoms. The Morgan fingerprint density at radius 2 is 1.60 bits per heavy atom. The van der Waals surface area contributed by atoms with Crippen LogP contribution in [0.15, 0.2) is 78.9 Å². The van der Waals surface area contributed by atoms with Crippen molar-refractivity contribution >= 4 is 23.0 Å². The fourth-order valence-corrected chi connectivity index (χ4v) is 5.10. The van der Waals surface area contributed by atoms with E-state index in [4.69, 9.17) is 9.47 Å². The number of aryl methyl sites for hydroxylation is 2. The molecule has 174 valence electrons. The second-order valence-corrected chi connectivity index (χ2v) is 9.45. The van der Waals surface area contributed by atoms with E-state index < -0.39 is 5.60 Å². The van der Waals surface area contributed by atoms with Gasteiger partial charge in [-0.1, -0.05) is 30.3 Å². The largest absolute Gasteiger partial charge is 0.456 e.